The zero-order valence-corrected chi connectivity index (χ0v) is 22.4. The maximum absolute atomic E-state index is 4.82. The van der Waals surface area contributed by atoms with Gasteiger partial charge in [-0.15, -0.1) is 0 Å². The number of pyridine rings is 1. The molecule has 0 atom stereocenters. The van der Waals surface area contributed by atoms with Crippen LogP contribution in [0.4, 0.5) is 0 Å². The van der Waals surface area contributed by atoms with Crippen molar-refractivity contribution in [3.8, 4) is 16.9 Å². The molecule has 2 heterocycles. The Morgan fingerprint density at radius 2 is 1.20 bits per heavy atom. The summed E-state index contributed by atoms with van der Waals surface area (Å²) < 4.78 is 2.36. The fourth-order valence-corrected chi connectivity index (χ4v) is 7.41. The van der Waals surface area contributed by atoms with Gasteiger partial charge in [-0.3, -0.25) is 4.57 Å². The van der Waals surface area contributed by atoms with Gasteiger partial charge >= 0.3 is 0 Å². The molecule has 2 aromatic heterocycles. The molecule has 8 aromatic rings. The average molecular weight is 511 g/mol. The van der Waals surface area contributed by atoms with Gasteiger partial charge in [0, 0.05) is 27.8 Å². The predicted octanol–water partition coefficient (Wildman–Crippen LogP) is 9.94. The molecule has 0 unspecified atom stereocenters. The summed E-state index contributed by atoms with van der Waals surface area (Å²) in [6, 6.07) is 42.3. The molecular formula is C38H26N2. The zero-order valence-electron chi connectivity index (χ0n) is 22.4. The standard InChI is InChI=1S/C38H26N2/c1-38(2)32-15-7-5-12-24(32)31-21-29-23-11-3-4-14-26(23)36-27(30(29)22-33(31)38)18-19-28-25-13-6-8-16-34(25)40(37(28)36)35-17-9-10-20-39-35/h3-22H,1-2H3. The molecule has 2 nitrogen and oxygen atoms in total. The summed E-state index contributed by atoms with van der Waals surface area (Å²) in [6.07, 6.45) is 1.89. The van der Waals surface area contributed by atoms with Crippen LogP contribution in [0, 0.1) is 0 Å². The average Bonchev–Trinajstić information content (AvgIpc) is 3.46. The minimum Gasteiger partial charge on any atom is -0.293 e. The second-order valence-electron chi connectivity index (χ2n) is 11.6. The normalized spacial score (nSPS) is 13.9. The number of fused-ring (bicyclic) bond motifs is 13. The van der Waals surface area contributed by atoms with E-state index in [1.54, 1.807) is 0 Å². The molecule has 0 spiro atoms. The summed E-state index contributed by atoms with van der Waals surface area (Å²) in [6.45, 7) is 4.73. The Bertz CT molecular complexity index is 2340. The summed E-state index contributed by atoms with van der Waals surface area (Å²) >= 11 is 0. The Kier molecular flexibility index (Phi) is 4.15. The first-order valence-electron chi connectivity index (χ1n) is 14.0. The largest absolute Gasteiger partial charge is 0.293 e. The Hall–Kier alpha value is -4.95. The molecule has 0 radical (unpaired) electrons. The van der Waals surface area contributed by atoms with Crippen LogP contribution in [0.2, 0.25) is 0 Å². The maximum atomic E-state index is 4.82. The molecule has 1 aliphatic carbocycles. The van der Waals surface area contributed by atoms with Crippen molar-refractivity contribution in [1.29, 1.82) is 0 Å². The molecule has 0 amide bonds. The number of benzene rings is 6. The lowest BCUT2D eigenvalue weighted by atomic mass is 9.81. The maximum Gasteiger partial charge on any atom is 0.137 e. The topological polar surface area (TPSA) is 17.8 Å². The fourth-order valence-electron chi connectivity index (χ4n) is 7.41. The molecule has 0 aliphatic heterocycles. The molecule has 0 saturated carbocycles. The van der Waals surface area contributed by atoms with Crippen molar-refractivity contribution in [3.05, 3.63) is 133 Å². The van der Waals surface area contributed by atoms with Crippen LogP contribution < -0.4 is 0 Å². The molecule has 1 aliphatic rings. The van der Waals surface area contributed by atoms with Crippen LogP contribution in [0.1, 0.15) is 25.0 Å². The van der Waals surface area contributed by atoms with Crippen molar-refractivity contribution in [2.45, 2.75) is 19.3 Å². The highest BCUT2D eigenvalue weighted by molar-refractivity contribution is 6.33. The van der Waals surface area contributed by atoms with Crippen molar-refractivity contribution in [1.82, 2.24) is 9.55 Å². The van der Waals surface area contributed by atoms with Crippen LogP contribution in [0.5, 0.6) is 0 Å². The first-order chi connectivity index (χ1) is 19.6. The third-order valence-corrected chi connectivity index (χ3v) is 9.21. The molecule has 188 valence electrons. The van der Waals surface area contributed by atoms with Gasteiger partial charge < -0.3 is 0 Å². The lowest BCUT2D eigenvalue weighted by molar-refractivity contribution is 0.661. The van der Waals surface area contributed by atoms with Gasteiger partial charge in [-0.1, -0.05) is 98.8 Å². The quantitative estimate of drug-likeness (QED) is 0.201. The minimum absolute atomic E-state index is 0.0506. The van der Waals surface area contributed by atoms with Gasteiger partial charge in [-0.25, -0.2) is 4.98 Å². The molecule has 2 heteroatoms. The summed E-state index contributed by atoms with van der Waals surface area (Å²) in [5, 5.41) is 10.3. The molecule has 0 saturated heterocycles. The smallest absolute Gasteiger partial charge is 0.137 e. The number of rotatable bonds is 1. The first-order valence-corrected chi connectivity index (χ1v) is 14.0. The molecule has 6 aromatic carbocycles. The molecule has 9 rings (SSSR count). The number of nitrogens with zero attached hydrogens (tertiary/aromatic N) is 2. The zero-order chi connectivity index (χ0) is 26.6. The minimum atomic E-state index is -0.0506. The lowest BCUT2D eigenvalue weighted by Gasteiger charge is -2.22. The van der Waals surface area contributed by atoms with Crippen LogP contribution in [-0.2, 0) is 5.41 Å². The van der Waals surface area contributed by atoms with Crippen LogP contribution in [0.3, 0.4) is 0 Å². The van der Waals surface area contributed by atoms with E-state index >= 15 is 0 Å². The number of hydrogen-bond donors (Lipinski definition) is 0. The molecule has 40 heavy (non-hydrogen) atoms. The van der Waals surface area contributed by atoms with Gasteiger partial charge in [-0.2, -0.15) is 0 Å². The summed E-state index contributed by atoms with van der Waals surface area (Å²) in [5.74, 6) is 0.941. The molecular weight excluding hydrogens is 484 g/mol. The molecule has 0 N–H and O–H groups in total. The second kappa shape index (κ2) is 7.58. The van der Waals surface area contributed by atoms with Crippen molar-refractivity contribution < 1.29 is 0 Å². The predicted molar refractivity (Wildman–Crippen MR) is 169 cm³/mol. The van der Waals surface area contributed by atoms with Gasteiger partial charge in [0.15, 0.2) is 0 Å². The van der Waals surface area contributed by atoms with E-state index in [1.807, 2.05) is 12.3 Å². The summed E-state index contributed by atoms with van der Waals surface area (Å²) in [5.41, 5.74) is 7.89. The third kappa shape index (κ3) is 2.66. The van der Waals surface area contributed by atoms with Crippen molar-refractivity contribution in [3.63, 3.8) is 0 Å². The lowest BCUT2D eigenvalue weighted by Crippen LogP contribution is -2.14. The highest BCUT2D eigenvalue weighted by Gasteiger charge is 2.35. The summed E-state index contributed by atoms with van der Waals surface area (Å²) in [7, 11) is 0. The van der Waals surface area contributed by atoms with Crippen molar-refractivity contribution in [2.24, 2.45) is 0 Å². The van der Waals surface area contributed by atoms with Gasteiger partial charge in [0.05, 0.1) is 11.0 Å². The number of hydrogen-bond acceptors (Lipinski definition) is 1. The second-order valence-corrected chi connectivity index (χ2v) is 11.6. The van der Waals surface area contributed by atoms with Gasteiger partial charge in [0.2, 0.25) is 0 Å². The van der Waals surface area contributed by atoms with Crippen LogP contribution >= 0.6 is 0 Å². The highest BCUT2D eigenvalue weighted by atomic mass is 15.1. The van der Waals surface area contributed by atoms with Crippen LogP contribution in [0.15, 0.2) is 121 Å². The Labute approximate surface area is 232 Å². The fraction of sp³-hybridized carbons (Fsp3) is 0.0789. The Balaban J connectivity index is 1.54. The molecule has 0 fully saturated rings. The van der Waals surface area contributed by atoms with Gasteiger partial charge in [-0.05, 0) is 79.5 Å². The van der Waals surface area contributed by atoms with Gasteiger partial charge in [0.1, 0.15) is 5.82 Å². The van der Waals surface area contributed by atoms with E-state index in [9.17, 15) is 0 Å². The van der Waals surface area contributed by atoms with Crippen LogP contribution in [0.25, 0.3) is 71.1 Å². The van der Waals surface area contributed by atoms with Crippen LogP contribution in [-0.4, -0.2) is 9.55 Å². The molecule has 0 bridgehead atoms. The monoisotopic (exact) mass is 510 g/mol. The third-order valence-electron chi connectivity index (χ3n) is 9.21. The number of para-hydroxylation sites is 1. The Morgan fingerprint density at radius 1 is 0.525 bits per heavy atom. The van der Waals surface area contributed by atoms with E-state index in [-0.39, 0.29) is 5.41 Å². The van der Waals surface area contributed by atoms with E-state index in [2.05, 4.69) is 128 Å². The van der Waals surface area contributed by atoms with Crippen molar-refractivity contribution >= 4 is 54.1 Å². The number of aromatic nitrogens is 2. The van der Waals surface area contributed by atoms with Gasteiger partial charge in [0.25, 0.3) is 0 Å². The summed E-state index contributed by atoms with van der Waals surface area (Å²) in [4.78, 5) is 4.82. The van der Waals surface area contributed by atoms with E-state index in [0.717, 1.165) is 5.82 Å². The first kappa shape index (κ1) is 21.9. The van der Waals surface area contributed by atoms with Crippen molar-refractivity contribution in [2.75, 3.05) is 0 Å². The Morgan fingerprint density at radius 3 is 2.05 bits per heavy atom. The highest BCUT2D eigenvalue weighted by Crippen LogP contribution is 2.52. The van der Waals surface area contributed by atoms with E-state index in [4.69, 9.17) is 4.98 Å². The van der Waals surface area contributed by atoms with E-state index in [1.165, 1.54) is 76.4 Å². The SMILES string of the molecule is CC1(C)c2ccccc2-c2cc3c4ccccc4c4c(ccc5c6ccccc6n(-c6ccccn6)c54)c3cc21. The van der Waals surface area contributed by atoms with E-state index < -0.39 is 0 Å². The van der Waals surface area contributed by atoms with E-state index in [0.29, 0.717) is 0 Å².